The van der Waals surface area contributed by atoms with Crippen LogP contribution < -0.4 is 0 Å². The standard InChI is InChI=1S/C22H19ClN4O5S/c1-12-8-17(14(3)27(12)19-9-13(2)32-26-19)18(28)10-30-20(29)11-33-22-25-24-21(31-22)15-4-6-16(23)7-5-15/h4-9H,10-11H2,1-3H3. The van der Waals surface area contributed by atoms with E-state index in [1.807, 2.05) is 11.5 Å². The number of thioether (sulfide) groups is 1. The number of carbonyl (C=O) groups excluding carboxylic acids is 2. The van der Waals surface area contributed by atoms with Crippen LogP contribution in [-0.2, 0) is 9.53 Å². The number of aromatic nitrogens is 4. The van der Waals surface area contributed by atoms with Gasteiger partial charge in [0.15, 0.2) is 12.4 Å². The molecule has 0 aliphatic heterocycles. The average molecular weight is 487 g/mol. The van der Waals surface area contributed by atoms with Crippen LogP contribution in [-0.4, -0.2) is 44.0 Å². The van der Waals surface area contributed by atoms with E-state index in [-0.39, 0.29) is 23.4 Å². The Morgan fingerprint density at radius 2 is 1.88 bits per heavy atom. The molecule has 4 aromatic rings. The molecule has 0 aliphatic carbocycles. The van der Waals surface area contributed by atoms with Crippen LogP contribution in [0.25, 0.3) is 17.3 Å². The van der Waals surface area contributed by atoms with Crippen molar-refractivity contribution >= 4 is 35.1 Å². The van der Waals surface area contributed by atoms with Gasteiger partial charge in [-0.2, -0.15) is 0 Å². The van der Waals surface area contributed by atoms with Gasteiger partial charge in [0, 0.05) is 33.6 Å². The summed E-state index contributed by atoms with van der Waals surface area (Å²) >= 11 is 6.90. The number of aryl methyl sites for hydroxylation is 2. The zero-order chi connectivity index (χ0) is 23.5. The molecule has 33 heavy (non-hydrogen) atoms. The minimum absolute atomic E-state index is 0.0766. The fourth-order valence-corrected chi connectivity index (χ4v) is 3.91. The number of ketones is 1. The number of carbonyl (C=O) groups is 2. The third kappa shape index (κ3) is 5.18. The van der Waals surface area contributed by atoms with Gasteiger partial charge in [-0.1, -0.05) is 28.5 Å². The van der Waals surface area contributed by atoms with Gasteiger partial charge in [0.2, 0.25) is 11.7 Å². The van der Waals surface area contributed by atoms with Crippen molar-refractivity contribution in [3.63, 3.8) is 0 Å². The van der Waals surface area contributed by atoms with Gasteiger partial charge in [0.25, 0.3) is 5.22 Å². The quantitative estimate of drug-likeness (QED) is 0.200. The van der Waals surface area contributed by atoms with Crippen LogP contribution in [0.1, 0.15) is 27.5 Å². The molecule has 0 saturated carbocycles. The fraction of sp³-hybridized carbons (Fsp3) is 0.227. The Labute approximate surface area is 198 Å². The summed E-state index contributed by atoms with van der Waals surface area (Å²) in [5.74, 6) is 0.615. The first kappa shape index (κ1) is 22.8. The summed E-state index contributed by atoms with van der Waals surface area (Å²) < 4.78 is 17.6. The van der Waals surface area contributed by atoms with Crippen molar-refractivity contribution in [3.05, 3.63) is 64.1 Å². The van der Waals surface area contributed by atoms with Crippen molar-refractivity contribution < 1.29 is 23.3 Å². The predicted octanol–water partition coefficient (Wildman–Crippen LogP) is 4.61. The summed E-state index contributed by atoms with van der Waals surface area (Å²) in [7, 11) is 0. The third-order valence-electron chi connectivity index (χ3n) is 4.75. The Hall–Kier alpha value is -3.37. The van der Waals surface area contributed by atoms with Gasteiger partial charge >= 0.3 is 5.97 Å². The maximum absolute atomic E-state index is 12.6. The number of hydrogen-bond donors (Lipinski definition) is 0. The van der Waals surface area contributed by atoms with Gasteiger partial charge in [-0.15, -0.1) is 10.2 Å². The van der Waals surface area contributed by atoms with Crippen molar-refractivity contribution in [2.75, 3.05) is 12.4 Å². The van der Waals surface area contributed by atoms with Crippen molar-refractivity contribution in [2.24, 2.45) is 0 Å². The molecule has 170 valence electrons. The number of halogens is 1. The maximum Gasteiger partial charge on any atom is 0.316 e. The molecule has 0 atom stereocenters. The Morgan fingerprint density at radius 1 is 1.12 bits per heavy atom. The molecule has 0 unspecified atom stereocenters. The average Bonchev–Trinajstić information content (AvgIpc) is 3.50. The van der Waals surface area contributed by atoms with E-state index >= 15 is 0 Å². The fourth-order valence-electron chi connectivity index (χ4n) is 3.22. The van der Waals surface area contributed by atoms with Gasteiger partial charge in [-0.25, -0.2) is 0 Å². The van der Waals surface area contributed by atoms with Crippen LogP contribution in [0.5, 0.6) is 0 Å². The van der Waals surface area contributed by atoms with Gasteiger partial charge < -0.3 is 13.7 Å². The van der Waals surface area contributed by atoms with E-state index in [0.717, 1.165) is 17.5 Å². The van der Waals surface area contributed by atoms with Gasteiger partial charge in [-0.05, 0) is 51.1 Å². The minimum Gasteiger partial charge on any atom is -0.457 e. The van der Waals surface area contributed by atoms with E-state index in [1.54, 1.807) is 50.2 Å². The SMILES string of the molecule is Cc1cc(-n2c(C)cc(C(=O)COC(=O)CSc3nnc(-c4ccc(Cl)cc4)o3)c2C)no1. The molecule has 0 aliphatic rings. The zero-order valence-corrected chi connectivity index (χ0v) is 19.6. The van der Waals surface area contributed by atoms with E-state index < -0.39 is 5.97 Å². The first-order valence-electron chi connectivity index (χ1n) is 9.85. The number of hydrogen-bond acceptors (Lipinski definition) is 9. The number of rotatable bonds is 8. The van der Waals surface area contributed by atoms with Crippen LogP contribution in [0, 0.1) is 20.8 Å². The lowest BCUT2D eigenvalue weighted by Gasteiger charge is -2.06. The van der Waals surface area contributed by atoms with Gasteiger partial charge in [-0.3, -0.25) is 14.2 Å². The summed E-state index contributed by atoms with van der Waals surface area (Å²) in [4.78, 5) is 24.8. The largest absolute Gasteiger partial charge is 0.457 e. The molecule has 1 aromatic carbocycles. The smallest absolute Gasteiger partial charge is 0.316 e. The van der Waals surface area contributed by atoms with Crippen LogP contribution in [0.4, 0.5) is 0 Å². The first-order chi connectivity index (χ1) is 15.8. The summed E-state index contributed by atoms with van der Waals surface area (Å²) in [6, 6.07) is 10.5. The molecule has 11 heteroatoms. The summed E-state index contributed by atoms with van der Waals surface area (Å²) in [6.07, 6.45) is 0. The Balaban J connectivity index is 1.31. The highest BCUT2D eigenvalue weighted by Crippen LogP contribution is 2.25. The molecule has 0 radical (unpaired) electrons. The van der Waals surface area contributed by atoms with E-state index in [2.05, 4.69) is 15.4 Å². The number of ether oxygens (including phenoxy) is 1. The molecule has 0 bridgehead atoms. The highest BCUT2D eigenvalue weighted by molar-refractivity contribution is 7.99. The topological polar surface area (TPSA) is 113 Å². The molecule has 0 amide bonds. The van der Waals surface area contributed by atoms with Crippen molar-refractivity contribution in [1.29, 1.82) is 0 Å². The van der Waals surface area contributed by atoms with Crippen molar-refractivity contribution in [2.45, 2.75) is 26.0 Å². The Kier molecular flexibility index (Phi) is 6.66. The molecular formula is C22H19ClN4O5S. The van der Waals surface area contributed by atoms with E-state index in [4.69, 9.17) is 25.3 Å². The molecule has 0 N–H and O–H groups in total. The van der Waals surface area contributed by atoms with E-state index in [9.17, 15) is 9.59 Å². The molecule has 0 fully saturated rings. The van der Waals surface area contributed by atoms with Crippen LogP contribution >= 0.6 is 23.4 Å². The first-order valence-corrected chi connectivity index (χ1v) is 11.2. The monoisotopic (exact) mass is 486 g/mol. The summed E-state index contributed by atoms with van der Waals surface area (Å²) in [6.45, 7) is 5.08. The predicted molar refractivity (Wildman–Crippen MR) is 121 cm³/mol. The lowest BCUT2D eigenvalue weighted by Crippen LogP contribution is -2.16. The highest BCUT2D eigenvalue weighted by atomic mass is 35.5. The molecule has 4 rings (SSSR count). The minimum atomic E-state index is -0.569. The molecule has 0 saturated heterocycles. The second kappa shape index (κ2) is 9.63. The van der Waals surface area contributed by atoms with E-state index in [0.29, 0.717) is 39.3 Å². The molecular weight excluding hydrogens is 468 g/mol. The highest BCUT2D eigenvalue weighted by Gasteiger charge is 2.20. The summed E-state index contributed by atoms with van der Waals surface area (Å²) in [5, 5.41) is 12.7. The normalized spacial score (nSPS) is 11.0. The van der Waals surface area contributed by atoms with Crippen molar-refractivity contribution in [3.8, 4) is 17.3 Å². The van der Waals surface area contributed by atoms with E-state index in [1.165, 1.54) is 0 Å². The lowest BCUT2D eigenvalue weighted by atomic mass is 10.1. The number of esters is 1. The Morgan fingerprint density at radius 3 is 2.58 bits per heavy atom. The summed E-state index contributed by atoms with van der Waals surface area (Å²) in [5.41, 5.74) is 2.68. The zero-order valence-electron chi connectivity index (χ0n) is 18.0. The lowest BCUT2D eigenvalue weighted by molar-refractivity contribution is -0.139. The van der Waals surface area contributed by atoms with Gasteiger partial charge in [0.1, 0.15) is 11.5 Å². The number of benzene rings is 1. The number of nitrogens with zero attached hydrogens (tertiary/aromatic N) is 4. The second-order valence-corrected chi connectivity index (χ2v) is 8.53. The van der Waals surface area contributed by atoms with Gasteiger partial charge in [0.05, 0.1) is 0 Å². The van der Waals surface area contributed by atoms with Crippen LogP contribution in [0.15, 0.2) is 50.6 Å². The number of Topliss-reactive ketones (excluding diaryl/α,β-unsaturated/α-hetero) is 1. The Bertz CT molecular complexity index is 1310. The van der Waals surface area contributed by atoms with Crippen LogP contribution in [0.3, 0.4) is 0 Å². The second-order valence-electron chi connectivity index (χ2n) is 7.17. The maximum atomic E-state index is 12.6. The van der Waals surface area contributed by atoms with Crippen LogP contribution in [0.2, 0.25) is 5.02 Å². The van der Waals surface area contributed by atoms with Crippen molar-refractivity contribution in [1.82, 2.24) is 19.9 Å². The third-order valence-corrected chi connectivity index (χ3v) is 5.80. The molecule has 0 spiro atoms. The molecule has 3 heterocycles. The molecule has 3 aromatic heterocycles. The molecule has 9 nitrogen and oxygen atoms in total.